The van der Waals surface area contributed by atoms with Gasteiger partial charge in [0.1, 0.15) is 0 Å². The molecule has 0 aromatic heterocycles. The fourth-order valence-corrected chi connectivity index (χ4v) is 4.27. The minimum atomic E-state index is -3.34. The molecule has 6 nitrogen and oxygen atoms in total. The quantitative estimate of drug-likeness (QED) is 0.816. The second-order valence-electron chi connectivity index (χ2n) is 6.90. The van der Waals surface area contributed by atoms with Gasteiger partial charge in [-0.3, -0.25) is 9.59 Å². The van der Waals surface area contributed by atoms with Gasteiger partial charge in [-0.25, -0.2) is 8.42 Å². The Balaban J connectivity index is 1.63. The van der Waals surface area contributed by atoms with Crippen LogP contribution in [0.4, 0.5) is 0 Å². The van der Waals surface area contributed by atoms with E-state index in [0.717, 1.165) is 31.9 Å². The van der Waals surface area contributed by atoms with Crippen molar-refractivity contribution in [2.75, 3.05) is 32.4 Å². The molecule has 0 N–H and O–H groups in total. The molecular formula is C18H24N2O4S. The molecule has 2 amide bonds. The summed E-state index contributed by atoms with van der Waals surface area (Å²) in [6.45, 7) is 2.07. The maximum Gasteiger partial charge on any atom is 0.254 e. The number of carbonyl (C=O) groups excluding carboxylic acids is 2. The molecule has 136 valence electrons. The Kier molecular flexibility index (Phi) is 5.13. The van der Waals surface area contributed by atoms with E-state index in [2.05, 4.69) is 0 Å². The summed E-state index contributed by atoms with van der Waals surface area (Å²) >= 11 is 0. The van der Waals surface area contributed by atoms with Crippen molar-refractivity contribution in [3.8, 4) is 0 Å². The Morgan fingerprint density at radius 2 is 1.60 bits per heavy atom. The van der Waals surface area contributed by atoms with Crippen molar-refractivity contribution in [1.29, 1.82) is 0 Å². The van der Waals surface area contributed by atoms with Crippen LogP contribution in [0.15, 0.2) is 29.2 Å². The van der Waals surface area contributed by atoms with Crippen molar-refractivity contribution in [1.82, 2.24) is 9.80 Å². The molecule has 0 spiro atoms. The standard InChI is InChI=1S/C18H24N2O4S/c1-25(23,24)16-8-4-7-15(13-16)18(22)20-11-9-19(10-12-20)17(21)14-5-2-3-6-14/h4,7-8,13-14H,2-3,5-6,9-12H2,1H3. The Hall–Kier alpha value is -1.89. The molecule has 1 heterocycles. The van der Waals surface area contributed by atoms with Gasteiger partial charge in [-0.2, -0.15) is 0 Å². The summed E-state index contributed by atoms with van der Waals surface area (Å²) in [5.74, 6) is 0.204. The second kappa shape index (κ2) is 7.15. The lowest BCUT2D eigenvalue weighted by Crippen LogP contribution is -2.51. The molecule has 25 heavy (non-hydrogen) atoms. The average Bonchev–Trinajstić information content (AvgIpc) is 3.15. The molecule has 7 heteroatoms. The summed E-state index contributed by atoms with van der Waals surface area (Å²) in [4.78, 5) is 28.8. The van der Waals surface area contributed by atoms with Crippen LogP contribution in [0.2, 0.25) is 0 Å². The Morgan fingerprint density at radius 1 is 1.00 bits per heavy atom. The summed E-state index contributed by atoms with van der Waals surface area (Å²) in [7, 11) is -3.34. The van der Waals surface area contributed by atoms with Gasteiger partial charge in [0.2, 0.25) is 5.91 Å². The molecule has 1 aromatic rings. The highest BCUT2D eigenvalue weighted by Crippen LogP contribution is 2.27. The largest absolute Gasteiger partial charge is 0.339 e. The van der Waals surface area contributed by atoms with Gasteiger partial charge < -0.3 is 9.80 Å². The Labute approximate surface area is 148 Å². The number of benzene rings is 1. The number of carbonyl (C=O) groups is 2. The summed E-state index contributed by atoms with van der Waals surface area (Å²) < 4.78 is 23.3. The van der Waals surface area contributed by atoms with Crippen molar-refractivity contribution >= 4 is 21.7 Å². The predicted molar refractivity (Wildman–Crippen MR) is 94.0 cm³/mol. The van der Waals surface area contributed by atoms with Gasteiger partial charge in [0.05, 0.1) is 4.90 Å². The highest BCUT2D eigenvalue weighted by atomic mass is 32.2. The van der Waals surface area contributed by atoms with E-state index in [0.29, 0.717) is 31.7 Å². The van der Waals surface area contributed by atoms with E-state index >= 15 is 0 Å². The number of hydrogen-bond donors (Lipinski definition) is 0. The van der Waals surface area contributed by atoms with Gasteiger partial charge >= 0.3 is 0 Å². The van der Waals surface area contributed by atoms with Gasteiger partial charge in [0.25, 0.3) is 5.91 Å². The zero-order valence-electron chi connectivity index (χ0n) is 14.5. The van der Waals surface area contributed by atoms with E-state index in [4.69, 9.17) is 0 Å². The van der Waals surface area contributed by atoms with Crippen LogP contribution in [0.1, 0.15) is 36.0 Å². The minimum absolute atomic E-state index is 0.147. The van der Waals surface area contributed by atoms with Crippen LogP contribution in [0, 0.1) is 5.92 Å². The third kappa shape index (κ3) is 4.03. The molecule has 1 saturated carbocycles. The van der Waals surface area contributed by atoms with Crippen LogP contribution in [0.25, 0.3) is 0 Å². The molecule has 1 aromatic carbocycles. The Morgan fingerprint density at radius 3 is 2.20 bits per heavy atom. The average molecular weight is 364 g/mol. The lowest BCUT2D eigenvalue weighted by molar-refractivity contribution is -0.136. The van der Waals surface area contributed by atoms with E-state index in [1.807, 2.05) is 4.90 Å². The molecule has 0 unspecified atom stereocenters. The SMILES string of the molecule is CS(=O)(=O)c1cccc(C(=O)N2CCN(C(=O)C3CCCC3)CC2)c1. The number of amides is 2. The molecule has 1 aliphatic heterocycles. The summed E-state index contributed by atoms with van der Waals surface area (Å²) in [6.07, 6.45) is 5.35. The topological polar surface area (TPSA) is 74.8 Å². The second-order valence-corrected chi connectivity index (χ2v) is 8.91. The molecular weight excluding hydrogens is 340 g/mol. The van der Waals surface area contributed by atoms with Crippen molar-refractivity contribution in [2.45, 2.75) is 30.6 Å². The van der Waals surface area contributed by atoms with Crippen LogP contribution in [-0.2, 0) is 14.6 Å². The van der Waals surface area contributed by atoms with Crippen LogP contribution < -0.4 is 0 Å². The number of piperazine rings is 1. The lowest BCUT2D eigenvalue weighted by Gasteiger charge is -2.36. The fourth-order valence-electron chi connectivity index (χ4n) is 3.60. The molecule has 1 aliphatic carbocycles. The molecule has 0 radical (unpaired) electrons. The highest BCUT2D eigenvalue weighted by Gasteiger charge is 2.30. The molecule has 0 atom stereocenters. The predicted octanol–water partition coefficient (Wildman–Crippen LogP) is 1.56. The maximum absolute atomic E-state index is 12.6. The first-order valence-corrected chi connectivity index (χ1v) is 10.6. The number of rotatable bonds is 3. The molecule has 0 bridgehead atoms. The molecule has 2 fully saturated rings. The van der Waals surface area contributed by atoms with Crippen LogP contribution in [0.5, 0.6) is 0 Å². The Bertz CT molecular complexity index is 761. The zero-order valence-corrected chi connectivity index (χ0v) is 15.3. The highest BCUT2D eigenvalue weighted by molar-refractivity contribution is 7.90. The van der Waals surface area contributed by atoms with Crippen LogP contribution in [0.3, 0.4) is 0 Å². The van der Waals surface area contributed by atoms with Crippen LogP contribution in [-0.4, -0.2) is 62.5 Å². The molecule has 3 rings (SSSR count). The lowest BCUT2D eigenvalue weighted by atomic mass is 10.1. The number of nitrogens with zero attached hydrogens (tertiary/aromatic N) is 2. The van der Waals surface area contributed by atoms with Crippen molar-refractivity contribution < 1.29 is 18.0 Å². The summed E-state index contributed by atoms with van der Waals surface area (Å²) in [5, 5.41) is 0. The molecule has 1 saturated heterocycles. The maximum atomic E-state index is 12.6. The summed E-state index contributed by atoms with van der Waals surface area (Å²) in [5.41, 5.74) is 0.374. The zero-order chi connectivity index (χ0) is 18.0. The minimum Gasteiger partial charge on any atom is -0.339 e. The van der Waals surface area contributed by atoms with Crippen LogP contribution >= 0.6 is 0 Å². The first-order valence-electron chi connectivity index (χ1n) is 8.74. The smallest absolute Gasteiger partial charge is 0.254 e. The van der Waals surface area contributed by atoms with E-state index in [9.17, 15) is 18.0 Å². The van der Waals surface area contributed by atoms with Gasteiger partial charge in [-0.05, 0) is 31.0 Å². The molecule has 2 aliphatic rings. The normalized spacial score (nSPS) is 19.2. The number of hydrogen-bond acceptors (Lipinski definition) is 4. The van der Waals surface area contributed by atoms with E-state index in [-0.39, 0.29) is 22.6 Å². The fraction of sp³-hybridized carbons (Fsp3) is 0.556. The van der Waals surface area contributed by atoms with Gasteiger partial charge in [-0.1, -0.05) is 18.9 Å². The van der Waals surface area contributed by atoms with Gasteiger partial charge in [-0.15, -0.1) is 0 Å². The first kappa shape index (κ1) is 17.9. The van der Waals surface area contributed by atoms with E-state index in [1.54, 1.807) is 17.0 Å². The monoisotopic (exact) mass is 364 g/mol. The first-order chi connectivity index (χ1) is 11.9. The summed E-state index contributed by atoms with van der Waals surface area (Å²) in [6, 6.07) is 6.13. The van der Waals surface area contributed by atoms with Gasteiger partial charge in [0.15, 0.2) is 9.84 Å². The third-order valence-corrected chi connectivity index (χ3v) is 6.20. The van der Waals surface area contributed by atoms with Crippen molar-refractivity contribution in [3.63, 3.8) is 0 Å². The van der Waals surface area contributed by atoms with Crippen molar-refractivity contribution in [3.05, 3.63) is 29.8 Å². The van der Waals surface area contributed by atoms with E-state index in [1.165, 1.54) is 12.1 Å². The number of sulfone groups is 1. The van der Waals surface area contributed by atoms with Crippen molar-refractivity contribution in [2.24, 2.45) is 5.92 Å². The third-order valence-electron chi connectivity index (χ3n) is 5.09. The van der Waals surface area contributed by atoms with E-state index < -0.39 is 9.84 Å². The van der Waals surface area contributed by atoms with Gasteiger partial charge in [0, 0.05) is 43.9 Å².